The van der Waals surface area contributed by atoms with Crippen molar-refractivity contribution >= 4 is 50.7 Å². The molecular formula is C26H33Cl2N3O6S. The topological polar surface area (TPSA) is 105 Å². The monoisotopic (exact) mass is 585 g/mol. The van der Waals surface area contributed by atoms with Crippen LogP contribution in [0.1, 0.15) is 39.2 Å². The van der Waals surface area contributed by atoms with E-state index in [1.165, 1.54) is 11.0 Å². The van der Waals surface area contributed by atoms with Crippen LogP contribution in [0.25, 0.3) is 0 Å². The van der Waals surface area contributed by atoms with Gasteiger partial charge in [0.05, 0.1) is 22.0 Å². The van der Waals surface area contributed by atoms with Crippen molar-refractivity contribution in [3.8, 4) is 11.5 Å². The largest absolute Gasteiger partial charge is 0.486 e. The number of nitrogens with zero attached hydrogens (tertiary/aromatic N) is 2. The van der Waals surface area contributed by atoms with Crippen molar-refractivity contribution in [3.63, 3.8) is 0 Å². The molecule has 0 aliphatic carbocycles. The number of sulfonamides is 1. The molecule has 0 unspecified atom stereocenters. The van der Waals surface area contributed by atoms with Crippen LogP contribution >= 0.6 is 23.2 Å². The number of hydrogen-bond donors (Lipinski definition) is 1. The predicted octanol–water partition coefficient (Wildman–Crippen LogP) is 4.25. The third kappa shape index (κ3) is 7.45. The van der Waals surface area contributed by atoms with Crippen molar-refractivity contribution < 1.29 is 27.5 Å². The molecule has 1 N–H and O–H groups in total. The van der Waals surface area contributed by atoms with Crippen LogP contribution in [-0.4, -0.2) is 63.2 Å². The van der Waals surface area contributed by atoms with Gasteiger partial charge in [0, 0.05) is 18.7 Å². The van der Waals surface area contributed by atoms with E-state index in [1.54, 1.807) is 37.3 Å². The highest BCUT2D eigenvalue weighted by molar-refractivity contribution is 7.92. The molecule has 2 aromatic carbocycles. The molecule has 0 fully saturated rings. The number of carbonyl (C=O) groups excluding carboxylic acids is 2. The quantitative estimate of drug-likeness (QED) is 0.422. The molecule has 2 aromatic rings. The number of halogens is 2. The van der Waals surface area contributed by atoms with Crippen LogP contribution in [0.15, 0.2) is 36.4 Å². The highest BCUT2D eigenvalue weighted by Gasteiger charge is 2.32. The van der Waals surface area contributed by atoms with E-state index in [1.807, 2.05) is 13.8 Å². The molecule has 0 spiro atoms. The smallest absolute Gasteiger partial charge is 0.244 e. The Morgan fingerprint density at radius 3 is 2.29 bits per heavy atom. The molecule has 12 heteroatoms. The SMILES string of the molecule is CC[C@H](C)NC(=O)[C@H](CC)N(Cc1ccc(Cl)c(Cl)c1)C(=O)CN(c1ccc2c(c1)OCCO2)S(C)(=O)=O. The van der Waals surface area contributed by atoms with Crippen molar-refractivity contribution in [3.05, 3.63) is 52.0 Å². The molecule has 1 aliphatic rings. The van der Waals surface area contributed by atoms with Gasteiger partial charge in [0.1, 0.15) is 25.8 Å². The van der Waals surface area contributed by atoms with Crippen LogP contribution in [0.4, 0.5) is 5.69 Å². The number of hydrogen-bond acceptors (Lipinski definition) is 6. The van der Waals surface area contributed by atoms with Crippen molar-refractivity contribution in [1.29, 1.82) is 0 Å². The first-order chi connectivity index (χ1) is 17.9. The van der Waals surface area contributed by atoms with E-state index in [4.69, 9.17) is 32.7 Å². The molecule has 38 heavy (non-hydrogen) atoms. The van der Waals surface area contributed by atoms with Crippen LogP contribution in [-0.2, 0) is 26.2 Å². The summed E-state index contributed by atoms with van der Waals surface area (Å²) in [5.74, 6) is 0.0127. The normalized spacial score (nSPS) is 14.4. The minimum absolute atomic E-state index is 0.0287. The molecule has 208 valence electrons. The number of rotatable bonds is 11. The lowest BCUT2D eigenvalue weighted by Gasteiger charge is -2.33. The molecule has 2 amide bonds. The third-order valence-electron chi connectivity index (χ3n) is 6.22. The van der Waals surface area contributed by atoms with Gasteiger partial charge < -0.3 is 19.7 Å². The molecule has 3 rings (SSSR count). The van der Waals surface area contributed by atoms with E-state index in [2.05, 4.69) is 5.32 Å². The summed E-state index contributed by atoms with van der Waals surface area (Å²) in [4.78, 5) is 28.4. The average molecular weight is 587 g/mol. The van der Waals surface area contributed by atoms with Gasteiger partial charge in [0.15, 0.2) is 11.5 Å². The van der Waals surface area contributed by atoms with Gasteiger partial charge in [-0.2, -0.15) is 0 Å². The Morgan fingerprint density at radius 2 is 1.68 bits per heavy atom. The molecule has 0 radical (unpaired) electrons. The van der Waals surface area contributed by atoms with Crippen LogP contribution in [0, 0.1) is 0 Å². The van der Waals surface area contributed by atoms with Crippen LogP contribution in [0.2, 0.25) is 10.0 Å². The van der Waals surface area contributed by atoms with Gasteiger partial charge in [0.2, 0.25) is 21.8 Å². The average Bonchev–Trinajstić information content (AvgIpc) is 2.88. The first-order valence-corrected chi connectivity index (χ1v) is 15.0. The maximum Gasteiger partial charge on any atom is 0.244 e. The molecule has 0 bridgehead atoms. The molecule has 0 saturated heterocycles. The predicted molar refractivity (Wildman–Crippen MR) is 149 cm³/mol. The number of amides is 2. The van der Waals surface area contributed by atoms with Crippen LogP contribution in [0.3, 0.4) is 0 Å². The number of carbonyl (C=O) groups is 2. The zero-order valence-corrected chi connectivity index (χ0v) is 24.2. The summed E-state index contributed by atoms with van der Waals surface area (Å²) >= 11 is 12.3. The second-order valence-corrected chi connectivity index (χ2v) is 11.8. The number of ether oxygens (including phenoxy) is 2. The molecule has 0 aromatic heterocycles. The summed E-state index contributed by atoms with van der Waals surface area (Å²) in [6, 6.07) is 8.70. The molecule has 2 atom stereocenters. The van der Waals surface area contributed by atoms with E-state index in [-0.39, 0.29) is 24.2 Å². The van der Waals surface area contributed by atoms with E-state index in [9.17, 15) is 18.0 Å². The van der Waals surface area contributed by atoms with Crippen LogP contribution < -0.4 is 19.1 Å². The Morgan fingerprint density at radius 1 is 1.00 bits per heavy atom. The second kappa shape index (κ2) is 12.9. The van der Waals surface area contributed by atoms with Gasteiger partial charge in [-0.05, 0) is 49.6 Å². The van der Waals surface area contributed by atoms with Gasteiger partial charge in [-0.1, -0.05) is 43.1 Å². The van der Waals surface area contributed by atoms with E-state index < -0.39 is 28.5 Å². The first-order valence-electron chi connectivity index (χ1n) is 12.4. The Bertz CT molecular complexity index is 1270. The lowest BCUT2D eigenvalue weighted by Crippen LogP contribution is -2.53. The van der Waals surface area contributed by atoms with Gasteiger partial charge in [0.25, 0.3) is 0 Å². The van der Waals surface area contributed by atoms with Crippen molar-refractivity contribution in [1.82, 2.24) is 10.2 Å². The summed E-state index contributed by atoms with van der Waals surface area (Å²) < 4.78 is 37.8. The highest BCUT2D eigenvalue weighted by atomic mass is 35.5. The standard InChI is InChI=1S/C26H33Cl2N3O6S/c1-5-17(3)29-26(33)22(6-2)30(15-18-7-9-20(27)21(28)13-18)25(32)16-31(38(4,34)35)19-8-10-23-24(14-19)37-12-11-36-23/h7-10,13-14,17,22H,5-6,11-12,15-16H2,1-4H3,(H,29,33)/t17-,22-/m0/s1. The zero-order valence-electron chi connectivity index (χ0n) is 21.9. The number of anilines is 1. The van der Waals surface area contributed by atoms with Crippen LogP contribution in [0.5, 0.6) is 11.5 Å². The van der Waals surface area contributed by atoms with Crippen molar-refractivity contribution in [2.75, 3.05) is 30.3 Å². The Kier molecular flexibility index (Phi) is 10.1. The fraction of sp³-hybridized carbons (Fsp3) is 0.462. The van der Waals surface area contributed by atoms with Gasteiger partial charge in [-0.15, -0.1) is 0 Å². The number of fused-ring (bicyclic) bond motifs is 1. The number of nitrogens with one attached hydrogen (secondary N) is 1. The second-order valence-electron chi connectivity index (χ2n) is 9.11. The van der Waals surface area contributed by atoms with Crippen molar-refractivity contribution in [2.45, 2.75) is 52.2 Å². The summed E-state index contributed by atoms with van der Waals surface area (Å²) in [7, 11) is -3.88. The highest BCUT2D eigenvalue weighted by Crippen LogP contribution is 2.35. The molecular weight excluding hydrogens is 553 g/mol. The van der Waals surface area contributed by atoms with Gasteiger partial charge in [-0.25, -0.2) is 8.42 Å². The third-order valence-corrected chi connectivity index (χ3v) is 8.10. The van der Waals surface area contributed by atoms with Gasteiger partial charge in [-0.3, -0.25) is 13.9 Å². The molecule has 9 nitrogen and oxygen atoms in total. The maximum absolute atomic E-state index is 13.8. The minimum Gasteiger partial charge on any atom is -0.486 e. The van der Waals surface area contributed by atoms with Gasteiger partial charge >= 0.3 is 0 Å². The van der Waals surface area contributed by atoms with E-state index in [0.29, 0.717) is 46.7 Å². The van der Waals surface area contributed by atoms with E-state index in [0.717, 1.165) is 17.0 Å². The lowest BCUT2D eigenvalue weighted by molar-refractivity contribution is -0.140. The maximum atomic E-state index is 13.8. The first kappa shape index (κ1) is 29.9. The summed E-state index contributed by atoms with van der Waals surface area (Å²) in [5.41, 5.74) is 0.893. The number of benzene rings is 2. The molecule has 1 heterocycles. The summed E-state index contributed by atoms with van der Waals surface area (Å²) in [5, 5.41) is 3.60. The fourth-order valence-corrected chi connectivity index (χ4v) is 5.16. The van der Waals surface area contributed by atoms with E-state index >= 15 is 0 Å². The Balaban J connectivity index is 1.97. The summed E-state index contributed by atoms with van der Waals surface area (Å²) in [6.45, 7) is 5.85. The minimum atomic E-state index is -3.88. The Hall–Kier alpha value is -2.69. The zero-order chi connectivity index (χ0) is 28.0. The molecule has 1 aliphatic heterocycles. The lowest BCUT2D eigenvalue weighted by atomic mass is 10.1. The fourth-order valence-electron chi connectivity index (χ4n) is 4.00. The van der Waals surface area contributed by atoms with Crippen molar-refractivity contribution in [2.24, 2.45) is 0 Å². The summed E-state index contributed by atoms with van der Waals surface area (Å²) in [6.07, 6.45) is 2.06. The molecule has 0 saturated carbocycles. The Labute approximate surface area is 234 Å².